The van der Waals surface area contributed by atoms with Gasteiger partial charge in [0, 0.05) is 12.1 Å². The normalized spacial score (nSPS) is 11.6. The van der Waals surface area contributed by atoms with Gasteiger partial charge in [0.2, 0.25) is 0 Å². The maximum atomic E-state index is 13.4. The molecular formula is C10H7F2NO3. The van der Waals surface area contributed by atoms with Gasteiger partial charge in [-0.2, -0.15) is 5.26 Å². The van der Waals surface area contributed by atoms with Crippen molar-refractivity contribution < 1.29 is 23.4 Å². The van der Waals surface area contributed by atoms with Crippen molar-refractivity contribution in [3.63, 3.8) is 0 Å². The van der Waals surface area contributed by atoms with Gasteiger partial charge in [-0.15, -0.1) is 0 Å². The molecule has 1 aromatic carbocycles. The van der Waals surface area contributed by atoms with Crippen molar-refractivity contribution in [3.05, 3.63) is 29.3 Å². The van der Waals surface area contributed by atoms with Gasteiger partial charge < -0.3 is 9.84 Å². The highest BCUT2D eigenvalue weighted by Crippen LogP contribution is 2.26. The van der Waals surface area contributed by atoms with Crippen molar-refractivity contribution in [3.8, 4) is 11.8 Å². The van der Waals surface area contributed by atoms with Gasteiger partial charge >= 0.3 is 5.97 Å². The number of carbonyl (C=O) groups is 1. The lowest BCUT2D eigenvalue weighted by molar-refractivity contribution is -0.137. The van der Waals surface area contributed by atoms with Crippen LogP contribution in [0.25, 0.3) is 0 Å². The van der Waals surface area contributed by atoms with Crippen molar-refractivity contribution in [2.45, 2.75) is 5.92 Å². The second-order valence-electron chi connectivity index (χ2n) is 2.91. The molecule has 6 heteroatoms. The molecule has 0 saturated carbocycles. The van der Waals surface area contributed by atoms with Crippen molar-refractivity contribution in [1.29, 1.82) is 5.26 Å². The molecule has 1 unspecified atom stereocenters. The summed E-state index contributed by atoms with van der Waals surface area (Å²) in [5.41, 5.74) is -0.782. The largest absolute Gasteiger partial charge is 0.497 e. The lowest BCUT2D eigenvalue weighted by atomic mass is 9.99. The van der Waals surface area contributed by atoms with Crippen molar-refractivity contribution in [2.75, 3.05) is 7.11 Å². The lowest BCUT2D eigenvalue weighted by Gasteiger charge is -2.09. The highest BCUT2D eigenvalue weighted by molar-refractivity contribution is 5.79. The second-order valence-corrected chi connectivity index (χ2v) is 2.91. The Morgan fingerprint density at radius 3 is 2.31 bits per heavy atom. The van der Waals surface area contributed by atoms with Gasteiger partial charge in [-0.3, -0.25) is 4.79 Å². The van der Waals surface area contributed by atoms with Crippen LogP contribution in [0.3, 0.4) is 0 Å². The number of carboxylic acid groups (broad SMARTS) is 1. The number of aliphatic carboxylic acids is 1. The average molecular weight is 227 g/mol. The van der Waals surface area contributed by atoms with Gasteiger partial charge in [0.15, 0.2) is 5.92 Å². The molecule has 0 aromatic heterocycles. The summed E-state index contributed by atoms with van der Waals surface area (Å²) >= 11 is 0. The van der Waals surface area contributed by atoms with E-state index in [1.54, 1.807) is 0 Å². The van der Waals surface area contributed by atoms with E-state index in [-0.39, 0.29) is 5.75 Å². The second kappa shape index (κ2) is 4.57. The fourth-order valence-corrected chi connectivity index (χ4v) is 1.20. The van der Waals surface area contributed by atoms with Crippen LogP contribution in [0.4, 0.5) is 8.78 Å². The summed E-state index contributed by atoms with van der Waals surface area (Å²) in [5.74, 6) is -5.80. The highest BCUT2D eigenvalue weighted by atomic mass is 19.1. The molecule has 0 aliphatic rings. The fraction of sp³-hybridized carbons (Fsp3) is 0.200. The minimum absolute atomic E-state index is 0.0826. The van der Waals surface area contributed by atoms with Gasteiger partial charge in [-0.1, -0.05) is 0 Å². The Hall–Kier alpha value is -2.16. The minimum atomic E-state index is -1.87. The third kappa shape index (κ3) is 2.08. The monoisotopic (exact) mass is 227 g/mol. The summed E-state index contributed by atoms with van der Waals surface area (Å²) in [7, 11) is 1.22. The first kappa shape index (κ1) is 11.9. The Labute approximate surface area is 89.7 Å². The van der Waals surface area contributed by atoms with Crippen molar-refractivity contribution >= 4 is 5.97 Å². The summed E-state index contributed by atoms with van der Waals surface area (Å²) in [5, 5.41) is 17.1. The van der Waals surface area contributed by atoms with Crippen LogP contribution in [0.1, 0.15) is 11.5 Å². The molecular weight excluding hydrogens is 220 g/mol. The molecule has 1 N–H and O–H groups in total. The van der Waals surface area contributed by atoms with E-state index in [9.17, 15) is 13.6 Å². The van der Waals surface area contributed by atoms with Crippen molar-refractivity contribution in [2.24, 2.45) is 0 Å². The molecule has 0 radical (unpaired) electrons. The number of carboxylic acids is 1. The first-order chi connectivity index (χ1) is 7.51. The molecule has 0 heterocycles. The molecule has 0 fully saturated rings. The smallest absolute Gasteiger partial charge is 0.325 e. The maximum Gasteiger partial charge on any atom is 0.325 e. The summed E-state index contributed by atoms with van der Waals surface area (Å²) in [6, 6.07) is 2.97. The van der Waals surface area contributed by atoms with E-state index < -0.39 is 29.1 Å². The number of nitrogens with zero attached hydrogens (tertiary/aromatic N) is 1. The summed E-state index contributed by atoms with van der Waals surface area (Å²) in [4.78, 5) is 10.6. The number of benzene rings is 1. The van der Waals surface area contributed by atoms with Crippen LogP contribution in [0.5, 0.6) is 5.75 Å². The summed E-state index contributed by atoms with van der Waals surface area (Å²) in [6.07, 6.45) is 0. The van der Waals surface area contributed by atoms with Gasteiger partial charge in [-0.05, 0) is 0 Å². The highest BCUT2D eigenvalue weighted by Gasteiger charge is 2.27. The number of halogens is 2. The van der Waals surface area contributed by atoms with Gasteiger partial charge in [0.1, 0.15) is 17.4 Å². The van der Waals surface area contributed by atoms with Gasteiger partial charge in [0.05, 0.1) is 18.7 Å². The van der Waals surface area contributed by atoms with Crippen LogP contribution < -0.4 is 4.74 Å². The van der Waals surface area contributed by atoms with E-state index in [2.05, 4.69) is 4.74 Å². The number of nitriles is 1. The SMILES string of the molecule is COc1cc(F)c(C(C#N)C(=O)O)c(F)c1. The fourth-order valence-electron chi connectivity index (χ4n) is 1.20. The van der Waals surface area contributed by atoms with E-state index in [4.69, 9.17) is 10.4 Å². The van der Waals surface area contributed by atoms with E-state index in [1.165, 1.54) is 13.2 Å². The molecule has 0 amide bonds. The van der Waals surface area contributed by atoms with Gasteiger partial charge in [-0.25, -0.2) is 8.78 Å². The Balaban J connectivity index is 3.35. The first-order valence-corrected chi connectivity index (χ1v) is 4.16. The topological polar surface area (TPSA) is 70.3 Å². The molecule has 0 spiro atoms. The molecule has 0 saturated heterocycles. The van der Waals surface area contributed by atoms with Crippen LogP contribution in [0.15, 0.2) is 12.1 Å². The van der Waals surface area contributed by atoms with E-state index in [0.29, 0.717) is 0 Å². The predicted molar refractivity (Wildman–Crippen MR) is 48.9 cm³/mol. The van der Waals surface area contributed by atoms with Crippen LogP contribution in [0.2, 0.25) is 0 Å². The zero-order valence-electron chi connectivity index (χ0n) is 8.20. The van der Waals surface area contributed by atoms with E-state index >= 15 is 0 Å². The molecule has 1 aromatic rings. The van der Waals surface area contributed by atoms with Crippen molar-refractivity contribution in [1.82, 2.24) is 0 Å². The quantitative estimate of drug-likeness (QED) is 0.852. The molecule has 1 atom stereocenters. The first-order valence-electron chi connectivity index (χ1n) is 4.16. The Morgan fingerprint density at radius 1 is 1.50 bits per heavy atom. The molecule has 0 bridgehead atoms. The van der Waals surface area contributed by atoms with E-state index in [0.717, 1.165) is 12.1 Å². The maximum absolute atomic E-state index is 13.4. The molecule has 0 aliphatic carbocycles. The Bertz CT molecular complexity index is 445. The standard InChI is InChI=1S/C10H7F2NO3/c1-16-5-2-7(11)9(8(12)3-5)6(4-13)10(14)15/h2-3,6H,1H3,(H,14,15). The third-order valence-electron chi connectivity index (χ3n) is 1.95. The molecule has 0 aliphatic heterocycles. The molecule has 4 nitrogen and oxygen atoms in total. The van der Waals surface area contributed by atoms with Crippen LogP contribution in [-0.4, -0.2) is 18.2 Å². The number of hydrogen-bond acceptors (Lipinski definition) is 3. The number of rotatable bonds is 3. The number of ether oxygens (including phenoxy) is 1. The zero-order chi connectivity index (χ0) is 12.3. The lowest BCUT2D eigenvalue weighted by Crippen LogP contribution is -2.13. The van der Waals surface area contributed by atoms with Crippen LogP contribution >= 0.6 is 0 Å². The van der Waals surface area contributed by atoms with Gasteiger partial charge in [0.25, 0.3) is 0 Å². The Kier molecular flexibility index (Phi) is 3.40. The zero-order valence-corrected chi connectivity index (χ0v) is 8.20. The average Bonchev–Trinajstić information content (AvgIpc) is 2.22. The number of methoxy groups -OCH3 is 1. The molecule has 84 valence electrons. The predicted octanol–water partition coefficient (Wildman–Crippen LogP) is 1.67. The molecule has 16 heavy (non-hydrogen) atoms. The van der Waals surface area contributed by atoms with E-state index in [1.807, 2.05) is 0 Å². The Morgan fingerprint density at radius 2 is 2.00 bits per heavy atom. The summed E-state index contributed by atoms with van der Waals surface area (Å²) < 4.78 is 31.3. The summed E-state index contributed by atoms with van der Waals surface area (Å²) in [6.45, 7) is 0. The third-order valence-corrected chi connectivity index (χ3v) is 1.95. The van der Waals surface area contributed by atoms with Crippen LogP contribution in [0, 0.1) is 23.0 Å². The number of hydrogen-bond donors (Lipinski definition) is 1. The minimum Gasteiger partial charge on any atom is -0.497 e. The molecule has 1 rings (SSSR count). The van der Waals surface area contributed by atoms with Crippen LogP contribution in [-0.2, 0) is 4.79 Å².